The highest BCUT2D eigenvalue weighted by molar-refractivity contribution is 5.76. The molecule has 1 fully saturated rings. The van der Waals surface area contributed by atoms with Crippen LogP contribution >= 0.6 is 0 Å². The van der Waals surface area contributed by atoms with Gasteiger partial charge in [-0.25, -0.2) is 8.78 Å². The van der Waals surface area contributed by atoms with Crippen molar-refractivity contribution in [1.29, 1.82) is 0 Å². The summed E-state index contributed by atoms with van der Waals surface area (Å²) in [4.78, 5) is 13.4. The maximum absolute atomic E-state index is 11.8. The molecule has 2 unspecified atom stereocenters. The van der Waals surface area contributed by atoms with Gasteiger partial charge < -0.3 is 19.5 Å². The summed E-state index contributed by atoms with van der Waals surface area (Å²) in [5, 5.41) is 8.98. The molecule has 0 aromatic rings. The Balaban J connectivity index is 2.30. The average Bonchev–Trinajstić information content (AvgIpc) is 2.34. The van der Waals surface area contributed by atoms with E-state index in [1.807, 2.05) is 6.92 Å². The van der Waals surface area contributed by atoms with E-state index >= 15 is 0 Å². The molecule has 106 valence electrons. The first-order chi connectivity index (χ1) is 8.54. The molecule has 1 heterocycles. The minimum absolute atomic E-state index is 0.0168. The lowest BCUT2D eigenvalue weighted by Crippen LogP contribution is -2.52. The van der Waals surface area contributed by atoms with Crippen molar-refractivity contribution >= 4 is 5.91 Å². The Hall–Kier alpha value is -0.790. The highest BCUT2D eigenvalue weighted by Gasteiger charge is 2.28. The molecule has 1 rings (SSSR count). The number of alkyl halides is 2. The second-order valence-electron chi connectivity index (χ2n) is 4.25. The van der Waals surface area contributed by atoms with E-state index in [2.05, 4.69) is 4.74 Å². The van der Waals surface area contributed by atoms with Crippen molar-refractivity contribution in [2.75, 3.05) is 33.0 Å². The molecular weight excluding hydrogens is 248 g/mol. The number of amides is 1. The van der Waals surface area contributed by atoms with Gasteiger partial charge in [0.05, 0.1) is 38.4 Å². The van der Waals surface area contributed by atoms with Gasteiger partial charge in [-0.15, -0.1) is 0 Å². The second-order valence-corrected chi connectivity index (χ2v) is 4.25. The van der Waals surface area contributed by atoms with E-state index in [4.69, 9.17) is 9.84 Å². The number of rotatable bonds is 6. The summed E-state index contributed by atoms with van der Waals surface area (Å²) in [5.41, 5.74) is 0. The standard InChI is InChI=1S/C11H19F2NO4/c1-8-6-18-9(5-15)4-14(8)11(16)2-3-17-7-10(12)13/h8-10,15H,2-7H2,1H3. The molecule has 0 aromatic carbocycles. The number of halogens is 2. The maximum Gasteiger partial charge on any atom is 0.261 e. The smallest absolute Gasteiger partial charge is 0.261 e. The summed E-state index contributed by atoms with van der Waals surface area (Å²) in [6.45, 7) is 1.73. The summed E-state index contributed by atoms with van der Waals surface area (Å²) < 4.78 is 33.6. The zero-order chi connectivity index (χ0) is 13.5. The van der Waals surface area contributed by atoms with E-state index in [1.54, 1.807) is 4.90 Å². The molecule has 1 aliphatic rings. The largest absolute Gasteiger partial charge is 0.394 e. The van der Waals surface area contributed by atoms with Crippen molar-refractivity contribution in [2.24, 2.45) is 0 Å². The van der Waals surface area contributed by atoms with Gasteiger partial charge in [0.15, 0.2) is 0 Å². The number of nitrogens with zero attached hydrogens (tertiary/aromatic N) is 1. The Labute approximate surface area is 105 Å². The second kappa shape index (κ2) is 7.60. The number of hydrogen-bond donors (Lipinski definition) is 1. The van der Waals surface area contributed by atoms with E-state index in [0.29, 0.717) is 13.2 Å². The van der Waals surface area contributed by atoms with E-state index < -0.39 is 13.0 Å². The third kappa shape index (κ3) is 4.83. The summed E-state index contributed by atoms with van der Waals surface area (Å²) in [7, 11) is 0. The van der Waals surface area contributed by atoms with Gasteiger partial charge in [-0.2, -0.15) is 0 Å². The molecular formula is C11H19F2NO4. The monoisotopic (exact) mass is 267 g/mol. The van der Waals surface area contributed by atoms with Gasteiger partial charge in [0.25, 0.3) is 6.43 Å². The zero-order valence-electron chi connectivity index (χ0n) is 10.3. The van der Waals surface area contributed by atoms with Gasteiger partial charge in [0.1, 0.15) is 6.61 Å². The average molecular weight is 267 g/mol. The Bertz CT molecular complexity index is 265. The van der Waals surface area contributed by atoms with E-state index in [9.17, 15) is 13.6 Å². The van der Waals surface area contributed by atoms with Crippen molar-refractivity contribution < 1.29 is 28.2 Å². The SMILES string of the molecule is CC1COC(CO)CN1C(=O)CCOCC(F)F. The van der Waals surface area contributed by atoms with Crippen LogP contribution in [0.25, 0.3) is 0 Å². The van der Waals surface area contributed by atoms with Crippen molar-refractivity contribution in [2.45, 2.75) is 31.9 Å². The van der Waals surface area contributed by atoms with Crippen LogP contribution in [0.1, 0.15) is 13.3 Å². The van der Waals surface area contributed by atoms with Crippen LogP contribution in [-0.2, 0) is 14.3 Å². The molecule has 0 saturated carbocycles. The van der Waals surface area contributed by atoms with Crippen LogP contribution in [0.15, 0.2) is 0 Å². The van der Waals surface area contributed by atoms with Gasteiger partial charge in [-0.1, -0.05) is 0 Å². The van der Waals surface area contributed by atoms with Crippen LogP contribution in [0.5, 0.6) is 0 Å². The molecule has 1 N–H and O–H groups in total. The van der Waals surface area contributed by atoms with Gasteiger partial charge in [-0.05, 0) is 6.92 Å². The van der Waals surface area contributed by atoms with Crippen LogP contribution in [0.4, 0.5) is 8.78 Å². The number of hydrogen-bond acceptors (Lipinski definition) is 4. The Morgan fingerprint density at radius 3 is 2.94 bits per heavy atom. The van der Waals surface area contributed by atoms with Crippen molar-refractivity contribution in [1.82, 2.24) is 4.90 Å². The first kappa shape index (κ1) is 15.3. The molecule has 0 spiro atoms. The Kier molecular flexibility index (Phi) is 6.45. The van der Waals surface area contributed by atoms with E-state index in [-0.39, 0.29) is 37.7 Å². The normalized spacial score (nSPS) is 24.6. The van der Waals surface area contributed by atoms with Crippen LogP contribution in [0, 0.1) is 0 Å². The van der Waals surface area contributed by atoms with Crippen LogP contribution in [0.2, 0.25) is 0 Å². The molecule has 1 saturated heterocycles. The lowest BCUT2D eigenvalue weighted by atomic mass is 10.2. The highest BCUT2D eigenvalue weighted by atomic mass is 19.3. The molecule has 2 atom stereocenters. The van der Waals surface area contributed by atoms with Gasteiger partial charge >= 0.3 is 0 Å². The number of carbonyl (C=O) groups excluding carboxylic acids is 1. The van der Waals surface area contributed by atoms with E-state index in [1.165, 1.54) is 0 Å². The number of aliphatic hydroxyl groups is 1. The van der Waals surface area contributed by atoms with Crippen LogP contribution < -0.4 is 0 Å². The predicted octanol–water partition coefficient (Wildman–Crippen LogP) is 0.266. The minimum Gasteiger partial charge on any atom is -0.394 e. The highest BCUT2D eigenvalue weighted by Crippen LogP contribution is 2.12. The van der Waals surface area contributed by atoms with E-state index in [0.717, 1.165) is 0 Å². The Morgan fingerprint density at radius 1 is 1.61 bits per heavy atom. The first-order valence-electron chi connectivity index (χ1n) is 5.92. The van der Waals surface area contributed by atoms with Gasteiger partial charge in [0.2, 0.25) is 5.91 Å². The fraction of sp³-hybridized carbons (Fsp3) is 0.909. The third-order valence-corrected chi connectivity index (χ3v) is 2.73. The summed E-state index contributed by atoms with van der Waals surface area (Å²) in [6, 6.07) is -0.0737. The Morgan fingerprint density at radius 2 is 2.33 bits per heavy atom. The molecule has 0 radical (unpaired) electrons. The summed E-state index contributed by atoms with van der Waals surface area (Å²) in [6.07, 6.45) is -2.82. The first-order valence-corrected chi connectivity index (χ1v) is 5.92. The maximum atomic E-state index is 11.8. The lowest BCUT2D eigenvalue weighted by molar-refractivity contribution is -0.147. The molecule has 1 amide bonds. The molecule has 0 aromatic heterocycles. The number of aliphatic hydroxyl groups excluding tert-OH is 1. The predicted molar refractivity (Wildman–Crippen MR) is 59.4 cm³/mol. The van der Waals surface area contributed by atoms with Crippen LogP contribution in [0.3, 0.4) is 0 Å². The molecule has 7 heteroatoms. The molecule has 5 nitrogen and oxygen atoms in total. The zero-order valence-corrected chi connectivity index (χ0v) is 10.3. The quantitative estimate of drug-likeness (QED) is 0.702. The van der Waals surface area contributed by atoms with Crippen molar-refractivity contribution in [3.8, 4) is 0 Å². The number of carbonyl (C=O) groups is 1. The minimum atomic E-state index is -2.51. The van der Waals surface area contributed by atoms with Crippen LogP contribution in [-0.4, -0.2) is 67.5 Å². The fourth-order valence-electron chi connectivity index (χ4n) is 1.75. The number of morpholine rings is 1. The summed E-state index contributed by atoms with van der Waals surface area (Å²) in [5.74, 6) is -0.168. The molecule has 0 bridgehead atoms. The molecule has 0 aliphatic carbocycles. The van der Waals surface area contributed by atoms with Crippen molar-refractivity contribution in [3.63, 3.8) is 0 Å². The van der Waals surface area contributed by atoms with Gasteiger partial charge in [0, 0.05) is 6.54 Å². The van der Waals surface area contributed by atoms with Crippen molar-refractivity contribution in [3.05, 3.63) is 0 Å². The third-order valence-electron chi connectivity index (χ3n) is 2.73. The summed E-state index contributed by atoms with van der Waals surface area (Å²) >= 11 is 0. The number of ether oxygens (including phenoxy) is 2. The topological polar surface area (TPSA) is 59.0 Å². The fourth-order valence-corrected chi connectivity index (χ4v) is 1.75. The molecule has 1 aliphatic heterocycles. The lowest BCUT2D eigenvalue weighted by Gasteiger charge is -2.37. The van der Waals surface area contributed by atoms with Gasteiger partial charge in [-0.3, -0.25) is 4.79 Å². The molecule has 18 heavy (non-hydrogen) atoms.